The van der Waals surface area contributed by atoms with Gasteiger partial charge in [-0.1, -0.05) is 32.1 Å². The van der Waals surface area contributed by atoms with Crippen LogP contribution in [0.5, 0.6) is 0 Å². The number of thiazole rings is 1. The second-order valence-corrected chi connectivity index (χ2v) is 11.4. The Labute approximate surface area is 219 Å². The van der Waals surface area contributed by atoms with Gasteiger partial charge in [-0.2, -0.15) is 13.2 Å². The number of ketones is 1. The van der Waals surface area contributed by atoms with Crippen molar-refractivity contribution in [3.05, 3.63) is 45.5 Å². The van der Waals surface area contributed by atoms with E-state index in [1.54, 1.807) is 38.3 Å². The van der Waals surface area contributed by atoms with Gasteiger partial charge in [0.15, 0.2) is 5.79 Å². The SMILES string of the molecule is CC(=Cc1csc(C)n1)[C@@H]1C/C=C(\C(F)(F)F)C/C=C/[C@@H](C)C[C@@H](C)C(=O)C(C)(C)C(O)(O)CC(=O)O1. The molecule has 2 N–H and O–H groups in total. The fraction of sp³-hybridized carbons (Fsp3) is 0.593. The number of rotatable bonds is 2. The average Bonchev–Trinajstić information content (AvgIpc) is 3.16. The lowest BCUT2D eigenvalue weighted by Crippen LogP contribution is -2.52. The van der Waals surface area contributed by atoms with Crippen LogP contribution in [0, 0.1) is 24.2 Å². The number of Topliss-reactive ketones (excluding diaryl/α,β-unsaturated/α-hetero) is 1. The summed E-state index contributed by atoms with van der Waals surface area (Å²) in [6.07, 6.45) is -1.32. The van der Waals surface area contributed by atoms with Crippen LogP contribution in [0.2, 0.25) is 0 Å². The predicted molar refractivity (Wildman–Crippen MR) is 136 cm³/mol. The summed E-state index contributed by atoms with van der Waals surface area (Å²) in [4.78, 5) is 30.2. The van der Waals surface area contributed by atoms with E-state index in [4.69, 9.17) is 4.74 Å². The Hall–Kier alpha value is -2.30. The summed E-state index contributed by atoms with van der Waals surface area (Å²) in [6, 6.07) is 0. The Bertz CT molecular complexity index is 1070. The minimum atomic E-state index is -4.59. The average molecular weight is 544 g/mol. The van der Waals surface area contributed by atoms with E-state index in [1.807, 2.05) is 6.92 Å². The van der Waals surface area contributed by atoms with Crippen molar-refractivity contribution in [2.24, 2.45) is 17.3 Å². The van der Waals surface area contributed by atoms with Crippen molar-refractivity contribution in [3.8, 4) is 0 Å². The van der Waals surface area contributed by atoms with E-state index in [0.717, 1.165) is 11.1 Å². The van der Waals surface area contributed by atoms with Gasteiger partial charge < -0.3 is 14.9 Å². The second kappa shape index (κ2) is 12.0. The number of nitrogens with zero attached hydrogens (tertiary/aromatic N) is 1. The second-order valence-electron chi connectivity index (χ2n) is 10.4. The molecule has 10 heteroatoms. The Morgan fingerprint density at radius 1 is 1.24 bits per heavy atom. The summed E-state index contributed by atoms with van der Waals surface area (Å²) in [5, 5.41) is 24.1. The van der Waals surface area contributed by atoms with Crippen LogP contribution in [0.25, 0.3) is 6.08 Å². The molecule has 0 bridgehead atoms. The third-order valence-corrected chi connectivity index (χ3v) is 7.51. The molecule has 0 radical (unpaired) electrons. The first-order valence-corrected chi connectivity index (χ1v) is 13.0. The first-order valence-electron chi connectivity index (χ1n) is 12.2. The fourth-order valence-corrected chi connectivity index (χ4v) is 4.84. The molecule has 206 valence electrons. The molecular weight excluding hydrogens is 507 g/mol. The molecule has 0 aliphatic carbocycles. The molecule has 1 aliphatic rings. The van der Waals surface area contributed by atoms with E-state index >= 15 is 0 Å². The highest BCUT2D eigenvalue weighted by molar-refractivity contribution is 7.09. The number of hydrogen-bond acceptors (Lipinski definition) is 7. The van der Waals surface area contributed by atoms with Gasteiger partial charge in [0.2, 0.25) is 0 Å². The van der Waals surface area contributed by atoms with Crippen LogP contribution < -0.4 is 0 Å². The molecule has 2 heterocycles. The molecule has 6 nitrogen and oxygen atoms in total. The maximum absolute atomic E-state index is 13.7. The number of aromatic nitrogens is 1. The highest BCUT2D eigenvalue weighted by Crippen LogP contribution is 2.37. The minimum Gasteiger partial charge on any atom is -0.457 e. The molecule has 0 unspecified atom stereocenters. The smallest absolute Gasteiger partial charge is 0.412 e. The molecule has 1 aromatic heterocycles. The topological polar surface area (TPSA) is 96.7 Å². The van der Waals surface area contributed by atoms with Crippen LogP contribution in [0.15, 0.2) is 34.8 Å². The van der Waals surface area contributed by atoms with Crippen molar-refractivity contribution in [1.29, 1.82) is 0 Å². The molecule has 0 aromatic carbocycles. The number of halogens is 3. The fourth-order valence-electron chi connectivity index (χ4n) is 4.27. The largest absolute Gasteiger partial charge is 0.457 e. The highest BCUT2D eigenvalue weighted by atomic mass is 32.1. The number of alkyl halides is 3. The molecular formula is C27H36F3NO5S. The summed E-state index contributed by atoms with van der Waals surface area (Å²) in [7, 11) is 0. The van der Waals surface area contributed by atoms with E-state index < -0.39 is 53.1 Å². The van der Waals surface area contributed by atoms with Crippen LogP contribution in [0.1, 0.15) is 71.0 Å². The van der Waals surface area contributed by atoms with Gasteiger partial charge in [-0.25, -0.2) is 4.98 Å². The van der Waals surface area contributed by atoms with Gasteiger partial charge in [0.25, 0.3) is 0 Å². The van der Waals surface area contributed by atoms with Crippen molar-refractivity contribution in [3.63, 3.8) is 0 Å². The van der Waals surface area contributed by atoms with Crippen LogP contribution in [0.4, 0.5) is 13.2 Å². The molecule has 37 heavy (non-hydrogen) atoms. The maximum atomic E-state index is 13.7. The van der Waals surface area contributed by atoms with Gasteiger partial charge in [0.1, 0.15) is 18.3 Å². The molecule has 1 aromatic rings. The lowest BCUT2D eigenvalue weighted by atomic mass is 9.72. The minimum absolute atomic E-state index is 0.228. The van der Waals surface area contributed by atoms with Gasteiger partial charge in [0.05, 0.1) is 16.1 Å². The quantitative estimate of drug-likeness (QED) is 0.273. The Kier molecular flexibility index (Phi) is 10.1. The number of carbonyl (C=O) groups is 2. The van der Waals surface area contributed by atoms with Gasteiger partial charge in [-0.05, 0) is 58.1 Å². The van der Waals surface area contributed by atoms with Gasteiger partial charge in [0, 0.05) is 23.3 Å². The van der Waals surface area contributed by atoms with Crippen LogP contribution >= 0.6 is 11.3 Å². The van der Waals surface area contributed by atoms with Crippen LogP contribution in [-0.4, -0.2) is 45.0 Å². The van der Waals surface area contributed by atoms with Crippen molar-refractivity contribution in [2.45, 2.75) is 85.3 Å². The number of esters is 1. The third-order valence-electron chi connectivity index (χ3n) is 6.72. The molecule has 0 fully saturated rings. The number of aryl methyl sites for hydroxylation is 1. The number of hydrogen-bond donors (Lipinski definition) is 2. The van der Waals surface area contributed by atoms with E-state index in [0.29, 0.717) is 17.7 Å². The molecule has 0 amide bonds. The van der Waals surface area contributed by atoms with Crippen molar-refractivity contribution in [1.82, 2.24) is 4.98 Å². The summed E-state index contributed by atoms with van der Waals surface area (Å²) >= 11 is 1.39. The molecule has 1 aliphatic heterocycles. The lowest BCUT2D eigenvalue weighted by molar-refractivity contribution is -0.236. The summed E-state index contributed by atoms with van der Waals surface area (Å²) < 4.78 is 46.7. The summed E-state index contributed by atoms with van der Waals surface area (Å²) in [5.41, 5.74) is -1.48. The van der Waals surface area contributed by atoms with Crippen LogP contribution in [-0.2, 0) is 14.3 Å². The summed E-state index contributed by atoms with van der Waals surface area (Å²) in [5.74, 6) is -5.11. The number of aliphatic hydroxyl groups is 2. The number of allylic oxidation sites excluding steroid dienone is 3. The monoisotopic (exact) mass is 543 g/mol. The zero-order chi connectivity index (χ0) is 28.2. The Balaban J connectivity index is 2.52. The van der Waals surface area contributed by atoms with Gasteiger partial charge >= 0.3 is 12.1 Å². The predicted octanol–water partition coefficient (Wildman–Crippen LogP) is 5.93. The molecule has 3 atom stereocenters. The molecule has 0 spiro atoms. The first kappa shape index (κ1) is 30.9. The van der Waals surface area contributed by atoms with Gasteiger partial charge in [-0.3, -0.25) is 9.59 Å². The highest BCUT2D eigenvalue weighted by Gasteiger charge is 2.50. The summed E-state index contributed by atoms with van der Waals surface area (Å²) in [6.45, 7) is 9.52. The number of cyclic esters (lactones) is 1. The van der Waals surface area contributed by atoms with Crippen molar-refractivity contribution < 1.29 is 37.7 Å². The van der Waals surface area contributed by atoms with E-state index in [-0.39, 0.29) is 18.8 Å². The standard InChI is InChI=1S/C27H36F3NO5S/c1-16-8-7-9-20(27(28,29)30)10-11-22(17(2)13-21-15-37-19(4)31-21)36-23(32)14-26(34,35)25(5,6)24(33)18(3)12-16/h7-8,10,13,15-16,18,22,34-35H,9,11-12,14H2,1-6H3/b8-7+,17-13?,20-10-/t16-,18-,22+/m1/s1. The Morgan fingerprint density at radius 2 is 1.89 bits per heavy atom. The van der Waals surface area contributed by atoms with Crippen molar-refractivity contribution >= 4 is 29.2 Å². The molecule has 2 rings (SSSR count). The zero-order valence-electron chi connectivity index (χ0n) is 22.1. The van der Waals surface area contributed by atoms with E-state index in [2.05, 4.69) is 4.98 Å². The number of carbonyl (C=O) groups excluding carboxylic acids is 2. The normalized spacial score (nSPS) is 28.8. The molecule has 0 saturated heterocycles. The van der Waals surface area contributed by atoms with Gasteiger partial charge in [-0.15, -0.1) is 11.3 Å². The van der Waals surface area contributed by atoms with Crippen LogP contribution in [0.3, 0.4) is 0 Å². The third kappa shape index (κ3) is 8.35. The maximum Gasteiger partial charge on any atom is 0.412 e. The van der Waals surface area contributed by atoms with E-state index in [9.17, 15) is 33.0 Å². The first-order chi connectivity index (χ1) is 16.9. The number of ether oxygens (including phenoxy) is 1. The Morgan fingerprint density at radius 3 is 2.46 bits per heavy atom. The zero-order valence-corrected chi connectivity index (χ0v) is 22.9. The molecule has 0 saturated carbocycles. The lowest BCUT2D eigenvalue weighted by Gasteiger charge is -2.38. The van der Waals surface area contributed by atoms with E-state index in [1.165, 1.54) is 31.3 Å². The van der Waals surface area contributed by atoms with Crippen molar-refractivity contribution in [2.75, 3.05) is 0 Å².